The highest BCUT2D eigenvalue weighted by atomic mass is 35.5. The number of hydrogen-bond acceptors (Lipinski definition) is 7. The van der Waals surface area contributed by atoms with Crippen molar-refractivity contribution in [3.63, 3.8) is 0 Å². The van der Waals surface area contributed by atoms with Crippen molar-refractivity contribution in [1.82, 2.24) is 19.8 Å². The van der Waals surface area contributed by atoms with Gasteiger partial charge in [-0.2, -0.15) is 9.97 Å². The third-order valence-corrected chi connectivity index (χ3v) is 10.0. The SMILES string of the molecule is [C-]#[N+]C[C@H]1CN(c2nc(OC[C@@H]3CCCN3C)nc3c(OC4CC4)c(-c4cccc5cccc(Cl)c45)c(Cl)cc23)CCN1C(=O)C=C. The van der Waals surface area contributed by atoms with E-state index in [2.05, 4.69) is 28.3 Å². The van der Waals surface area contributed by atoms with Crippen molar-refractivity contribution >= 4 is 56.6 Å². The Hall–Kier alpha value is -4.10. The van der Waals surface area contributed by atoms with Gasteiger partial charge in [-0.3, -0.25) is 4.79 Å². The van der Waals surface area contributed by atoms with Crippen LogP contribution in [0.3, 0.4) is 0 Å². The standard InChI is InChI=1S/C36H36Cl2N6O3/c1-4-30(45)44-17-16-43(20-24(44)19-39-2)35-27-18-29(38)32(26-11-5-8-22-9-6-12-28(37)31(22)26)34(47-25-13-14-25)33(27)40-36(41-35)46-21-23-10-7-15-42(23)3/h4-6,8-9,11-12,18,23-25H,1,7,10,13-17,19-21H2,3H3/t23-,24-/m0/s1. The van der Waals surface area contributed by atoms with Crippen LogP contribution in [0.5, 0.6) is 11.8 Å². The third kappa shape index (κ3) is 6.18. The summed E-state index contributed by atoms with van der Waals surface area (Å²) in [7, 11) is 2.11. The first kappa shape index (κ1) is 31.5. The number of fused-ring (bicyclic) bond motifs is 2. The lowest BCUT2D eigenvalue weighted by molar-refractivity contribution is -0.128. The van der Waals surface area contributed by atoms with E-state index in [-0.39, 0.29) is 36.7 Å². The number of hydrogen-bond donors (Lipinski definition) is 0. The fourth-order valence-corrected chi connectivity index (χ4v) is 7.35. The minimum Gasteiger partial charge on any atom is -0.487 e. The van der Waals surface area contributed by atoms with E-state index in [9.17, 15) is 4.79 Å². The van der Waals surface area contributed by atoms with E-state index in [4.69, 9.17) is 49.2 Å². The van der Waals surface area contributed by atoms with Gasteiger partial charge >= 0.3 is 6.01 Å². The number of piperazine rings is 1. The topological polar surface area (TPSA) is 75.4 Å². The van der Waals surface area contributed by atoms with Crippen molar-refractivity contribution in [2.24, 2.45) is 0 Å². The van der Waals surface area contributed by atoms with E-state index in [0.717, 1.165) is 59.5 Å². The van der Waals surface area contributed by atoms with Crippen molar-refractivity contribution in [2.45, 2.75) is 43.9 Å². The Labute approximate surface area is 284 Å². The molecule has 4 aromatic rings. The lowest BCUT2D eigenvalue weighted by atomic mass is 9.96. The van der Waals surface area contributed by atoms with Gasteiger partial charge in [-0.05, 0) is 68.4 Å². The second-order valence-corrected chi connectivity index (χ2v) is 13.3. The second-order valence-electron chi connectivity index (χ2n) is 12.5. The summed E-state index contributed by atoms with van der Waals surface area (Å²) in [6.07, 6.45) is 5.41. The highest BCUT2D eigenvalue weighted by Gasteiger charge is 2.35. The number of carbonyl (C=O) groups is 1. The fraction of sp³-hybridized carbons (Fsp3) is 0.389. The number of amides is 1. The Balaban J connectivity index is 1.41. The van der Waals surface area contributed by atoms with E-state index in [0.29, 0.717) is 53.4 Å². The maximum Gasteiger partial charge on any atom is 0.319 e. The molecule has 2 atom stereocenters. The van der Waals surface area contributed by atoms with Gasteiger partial charge < -0.3 is 29.0 Å². The van der Waals surface area contributed by atoms with Gasteiger partial charge in [0.25, 0.3) is 0 Å². The largest absolute Gasteiger partial charge is 0.487 e. The van der Waals surface area contributed by atoms with Gasteiger partial charge in [0.05, 0.1) is 11.1 Å². The molecule has 7 rings (SSSR count). The molecular formula is C36H36Cl2N6O3. The van der Waals surface area contributed by atoms with E-state index in [1.807, 2.05) is 42.5 Å². The molecule has 1 aliphatic carbocycles. The monoisotopic (exact) mass is 670 g/mol. The van der Waals surface area contributed by atoms with Crippen LogP contribution in [0, 0.1) is 6.57 Å². The van der Waals surface area contributed by atoms with Gasteiger partial charge in [0.1, 0.15) is 24.0 Å². The summed E-state index contributed by atoms with van der Waals surface area (Å²) in [5.41, 5.74) is 2.19. The van der Waals surface area contributed by atoms with Crippen LogP contribution in [0.1, 0.15) is 25.7 Å². The molecule has 1 amide bonds. The minimum absolute atomic E-state index is 0.0484. The zero-order chi connectivity index (χ0) is 32.7. The number of anilines is 1. The molecule has 11 heteroatoms. The quantitative estimate of drug-likeness (QED) is 0.142. The first-order valence-corrected chi connectivity index (χ1v) is 16.8. The summed E-state index contributed by atoms with van der Waals surface area (Å²) in [6.45, 7) is 14.2. The molecule has 3 aromatic carbocycles. The van der Waals surface area contributed by atoms with Crippen LogP contribution in [0.4, 0.5) is 5.82 Å². The number of ether oxygens (including phenoxy) is 2. The summed E-state index contributed by atoms with van der Waals surface area (Å²) in [5, 5.41) is 3.71. The van der Waals surface area contributed by atoms with Gasteiger partial charge in [-0.1, -0.05) is 60.1 Å². The van der Waals surface area contributed by atoms with Gasteiger partial charge in [0.2, 0.25) is 12.5 Å². The molecule has 3 fully saturated rings. The Morgan fingerprint density at radius 2 is 1.89 bits per heavy atom. The maximum absolute atomic E-state index is 12.7. The van der Waals surface area contributed by atoms with Crippen molar-refractivity contribution < 1.29 is 14.3 Å². The van der Waals surface area contributed by atoms with E-state index >= 15 is 0 Å². The molecule has 1 aromatic heterocycles. The lowest BCUT2D eigenvalue weighted by Crippen LogP contribution is -2.56. The molecule has 0 spiro atoms. The molecule has 0 radical (unpaired) electrons. The molecule has 9 nitrogen and oxygen atoms in total. The van der Waals surface area contributed by atoms with Crippen LogP contribution in [-0.4, -0.2) is 90.2 Å². The number of carbonyl (C=O) groups excluding carboxylic acids is 1. The Morgan fingerprint density at radius 3 is 2.62 bits per heavy atom. The number of halogens is 2. The summed E-state index contributed by atoms with van der Waals surface area (Å²) >= 11 is 14.0. The van der Waals surface area contributed by atoms with Crippen molar-refractivity contribution in [3.8, 4) is 22.9 Å². The van der Waals surface area contributed by atoms with Crippen LogP contribution in [0.25, 0.3) is 37.6 Å². The van der Waals surface area contributed by atoms with Crippen LogP contribution in [-0.2, 0) is 4.79 Å². The fourth-order valence-electron chi connectivity index (χ4n) is 6.77. The predicted molar refractivity (Wildman–Crippen MR) is 187 cm³/mol. The number of nitrogens with zero attached hydrogens (tertiary/aromatic N) is 6. The molecule has 3 aliphatic rings. The lowest BCUT2D eigenvalue weighted by Gasteiger charge is -2.39. The first-order chi connectivity index (χ1) is 22.9. The third-order valence-electron chi connectivity index (χ3n) is 9.41. The number of aromatic nitrogens is 2. The Morgan fingerprint density at radius 1 is 1.09 bits per heavy atom. The van der Waals surface area contributed by atoms with Crippen molar-refractivity contribution in [1.29, 1.82) is 0 Å². The van der Waals surface area contributed by atoms with Crippen molar-refractivity contribution in [3.05, 3.63) is 76.6 Å². The molecule has 242 valence electrons. The molecule has 3 heterocycles. The number of benzene rings is 3. The predicted octanol–water partition coefficient (Wildman–Crippen LogP) is 6.89. The van der Waals surface area contributed by atoms with E-state index < -0.39 is 0 Å². The van der Waals surface area contributed by atoms with Gasteiger partial charge in [-0.25, -0.2) is 6.57 Å². The summed E-state index contributed by atoms with van der Waals surface area (Å²) in [4.78, 5) is 32.4. The summed E-state index contributed by atoms with van der Waals surface area (Å²) in [5.74, 6) is 1.03. The van der Waals surface area contributed by atoms with E-state index in [1.54, 1.807) is 4.90 Å². The van der Waals surface area contributed by atoms with Gasteiger partial charge in [0, 0.05) is 47.0 Å². The number of rotatable bonds is 9. The summed E-state index contributed by atoms with van der Waals surface area (Å²) in [6, 6.07) is 14.0. The minimum atomic E-state index is -0.331. The molecular weight excluding hydrogens is 635 g/mol. The summed E-state index contributed by atoms with van der Waals surface area (Å²) < 4.78 is 13.1. The molecule has 47 heavy (non-hydrogen) atoms. The van der Waals surface area contributed by atoms with E-state index in [1.165, 1.54) is 6.08 Å². The maximum atomic E-state index is 12.7. The highest BCUT2D eigenvalue weighted by Crippen LogP contribution is 2.49. The average molecular weight is 672 g/mol. The van der Waals surface area contributed by atoms with Crippen molar-refractivity contribution in [2.75, 3.05) is 51.3 Å². The van der Waals surface area contributed by atoms with Crippen LogP contribution in [0.15, 0.2) is 55.1 Å². The molecule has 0 N–H and O–H groups in total. The molecule has 0 bridgehead atoms. The normalized spacial score (nSPS) is 20.0. The zero-order valence-corrected chi connectivity index (χ0v) is 27.8. The molecule has 0 unspecified atom stereocenters. The van der Waals surface area contributed by atoms with Crippen LogP contribution < -0.4 is 14.4 Å². The highest BCUT2D eigenvalue weighted by molar-refractivity contribution is 6.38. The Bertz CT molecular complexity index is 1900. The second kappa shape index (κ2) is 13.2. The average Bonchev–Trinajstić information content (AvgIpc) is 3.80. The number of likely N-dealkylation sites (N-methyl/N-ethyl adjacent to an activating group) is 1. The van der Waals surface area contributed by atoms with Crippen LogP contribution >= 0.6 is 23.2 Å². The van der Waals surface area contributed by atoms with Gasteiger partial charge in [-0.15, -0.1) is 0 Å². The smallest absolute Gasteiger partial charge is 0.319 e. The molecule has 2 saturated heterocycles. The molecule has 2 aliphatic heterocycles. The Kier molecular flexibility index (Phi) is 8.84. The van der Waals surface area contributed by atoms with Crippen LogP contribution in [0.2, 0.25) is 10.0 Å². The molecule has 1 saturated carbocycles. The zero-order valence-electron chi connectivity index (χ0n) is 26.3. The first-order valence-electron chi connectivity index (χ1n) is 16.1. The van der Waals surface area contributed by atoms with Gasteiger partial charge in [0.15, 0.2) is 5.75 Å². The number of likely N-dealkylation sites (tertiary alicyclic amines) is 1.